The van der Waals surface area contributed by atoms with Crippen molar-refractivity contribution in [3.05, 3.63) is 18.3 Å². The zero-order valence-corrected chi connectivity index (χ0v) is 12.3. The number of anilines is 1. The Bertz CT molecular complexity index is 387. The van der Waals surface area contributed by atoms with Crippen LogP contribution in [0.2, 0.25) is 0 Å². The summed E-state index contributed by atoms with van der Waals surface area (Å²) in [6.07, 6.45) is 12.7. The summed E-state index contributed by atoms with van der Waals surface area (Å²) in [5.74, 6) is 1.04. The molecule has 2 heterocycles. The molecule has 1 saturated carbocycles. The Labute approximate surface area is 122 Å². The number of hydrogen-bond donors (Lipinski definition) is 1. The summed E-state index contributed by atoms with van der Waals surface area (Å²) in [5, 5.41) is 12.1. The van der Waals surface area contributed by atoms with Gasteiger partial charge < -0.3 is 10.2 Å². The lowest BCUT2D eigenvalue weighted by Crippen LogP contribution is -2.42. The summed E-state index contributed by atoms with van der Waals surface area (Å²) in [7, 11) is 0. The van der Waals surface area contributed by atoms with Gasteiger partial charge in [-0.15, -0.1) is 5.10 Å². The molecule has 1 aliphatic heterocycles. The van der Waals surface area contributed by atoms with Crippen LogP contribution in [0.25, 0.3) is 0 Å². The Balaban J connectivity index is 1.53. The van der Waals surface area contributed by atoms with Crippen molar-refractivity contribution in [2.24, 2.45) is 0 Å². The summed E-state index contributed by atoms with van der Waals surface area (Å²) in [5.41, 5.74) is 0. The number of aromatic nitrogens is 2. The lowest BCUT2D eigenvalue weighted by Gasteiger charge is -2.27. The Morgan fingerprint density at radius 1 is 1.10 bits per heavy atom. The fraction of sp³-hybridized carbons (Fsp3) is 0.750. The van der Waals surface area contributed by atoms with Gasteiger partial charge in [0.2, 0.25) is 0 Å². The van der Waals surface area contributed by atoms with E-state index in [9.17, 15) is 0 Å². The van der Waals surface area contributed by atoms with E-state index in [1.165, 1.54) is 51.4 Å². The highest BCUT2D eigenvalue weighted by molar-refractivity contribution is 5.39. The van der Waals surface area contributed by atoms with Crippen LogP contribution in [0.1, 0.15) is 51.4 Å². The molecule has 0 radical (unpaired) electrons. The van der Waals surface area contributed by atoms with Gasteiger partial charge >= 0.3 is 0 Å². The summed E-state index contributed by atoms with van der Waals surface area (Å²) >= 11 is 0. The van der Waals surface area contributed by atoms with Gasteiger partial charge in [-0.25, -0.2) is 0 Å². The molecule has 1 aromatic rings. The molecule has 20 heavy (non-hydrogen) atoms. The predicted molar refractivity (Wildman–Crippen MR) is 81.9 cm³/mol. The zero-order chi connectivity index (χ0) is 13.6. The third-order valence-electron chi connectivity index (χ3n) is 4.73. The molecule has 110 valence electrons. The Kier molecular flexibility index (Phi) is 4.85. The van der Waals surface area contributed by atoms with Crippen LogP contribution in [0.5, 0.6) is 0 Å². The Morgan fingerprint density at radius 3 is 2.70 bits per heavy atom. The van der Waals surface area contributed by atoms with Crippen LogP contribution < -0.4 is 10.2 Å². The van der Waals surface area contributed by atoms with E-state index in [4.69, 9.17) is 0 Å². The molecule has 4 heteroatoms. The SMILES string of the molecule is c1cnnc(N2CCC[C@H]2CNC2CCCCCC2)c1. The topological polar surface area (TPSA) is 41.1 Å². The molecule has 3 rings (SSSR count). The maximum atomic E-state index is 4.27. The second kappa shape index (κ2) is 7.02. The first kappa shape index (κ1) is 13.8. The summed E-state index contributed by atoms with van der Waals surface area (Å²) in [4.78, 5) is 2.43. The van der Waals surface area contributed by atoms with Gasteiger partial charge in [-0.3, -0.25) is 0 Å². The molecule has 0 aromatic carbocycles. The molecule has 2 aliphatic rings. The van der Waals surface area contributed by atoms with Crippen LogP contribution in [0, 0.1) is 0 Å². The van der Waals surface area contributed by atoms with Crippen molar-refractivity contribution >= 4 is 5.82 Å². The van der Waals surface area contributed by atoms with Gasteiger partial charge in [0.15, 0.2) is 5.82 Å². The summed E-state index contributed by atoms with van der Waals surface area (Å²) in [6, 6.07) is 5.39. The van der Waals surface area contributed by atoms with E-state index in [1.807, 2.05) is 6.07 Å². The third kappa shape index (κ3) is 3.48. The van der Waals surface area contributed by atoms with Crippen molar-refractivity contribution in [1.29, 1.82) is 0 Å². The third-order valence-corrected chi connectivity index (χ3v) is 4.73. The minimum Gasteiger partial charge on any atom is -0.351 e. The fourth-order valence-electron chi connectivity index (χ4n) is 3.58. The highest BCUT2D eigenvalue weighted by Gasteiger charge is 2.26. The fourth-order valence-corrected chi connectivity index (χ4v) is 3.58. The molecule has 1 atom stereocenters. The van der Waals surface area contributed by atoms with E-state index < -0.39 is 0 Å². The van der Waals surface area contributed by atoms with Crippen LogP contribution in [0.4, 0.5) is 5.82 Å². The quantitative estimate of drug-likeness (QED) is 0.857. The molecule has 2 fully saturated rings. The van der Waals surface area contributed by atoms with Crippen molar-refractivity contribution in [2.75, 3.05) is 18.0 Å². The van der Waals surface area contributed by atoms with Crippen molar-refractivity contribution < 1.29 is 0 Å². The van der Waals surface area contributed by atoms with Gasteiger partial charge in [-0.05, 0) is 37.8 Å². The molecule has 4 nitrogen and oxygen atoms in total. The molecule has 1 saturated heterocycles. The monoisotopic (exact) mass is 274 g/mol. The van der Waals surface area contributed by atoms with E-state index in [0.717, 1.165) is 24.9 Å². The molecule has 1 aliphatic carbocycles. The van der Waals surface area contributed by atoms with Crippen LogP contribution >= 0.6 is 0 Å². The summed E-state index contributed by atoms with van der Waals surface area (Å²) < 4.78 is 0. The molecule has 1 aromatic heterocycles. The zero-order valence-electron chi connectivity index (χ0n) is 12.3. The van der Waals surface area contributed by atoms with Crippen molar-refractivity contribution in [1.82, 2.24) is 15.5 Å². The van der Waals surface area contributed by atoms with Crippen LogP contribution in [0.15, 0.2) is 18.3 Å². The number of hydrogen-bond acceptors (Lipinski definition) is 4. The van der Waals surface area contributed by atoms with Gasteiger partial charge in [0, 0.05) is 31.4 Å². The standard InChI is InChI=1S/C16H26N4/c1-2-4-8-14(7-3-1)17-13-15-9-6-12-20(15)16-10-5-11-18-19-16/h5,10-11,14-15,17H,1-4,6-9,12-13H2/t15-/m0/s1. The lowest BCUT2D eigenvalue weighted by atomic mass is 10.1. The van der Waals surface area contributed by atoms with Crippen LogP contribution in [0.3, 0.4) is 0 Å². The molecule has 0 unspecified atom stereocenters. The van der Waals surface area contributed by atoms with E-state index in [-0.39, 0.29) is 0 Å². The second-order valence-corrected chi connectivity index (χ2v) is 6.17. The van der Waals surface area contributed by atoms with Gasteiger partial charge in [0.25, 0.3) is 0 Å². The van der Waals surface area contributed by atoms with Gasteiger partial charge in [0.1, 0.15) is 0 Å². The first-order valence-electron chi connectivity index (χ1n) is 8.21. The smallest absolute Gasteiger partial charge is 0.151 e. The predicted octanol–water partition coefficient (Wildman–Crippen LogP) is 2.76. The van der Waals surface area contributed by atoms with Gasteiger partial charge in [-0.1, -0.05) is 25.7 Å². The maximum absolute atomic E-state index is 4.27. The minimum atomic E-state index is 0.593. The van der Waals surface area contributed by atoms with Crippen molar-refractivity contribution in [3.63, 3.8) is 0 Å². The average Bonchev–Trinajstić information content (AvgIpc) is 2.81. The van der Waals surface area contributed by atoms with E-state index in [0.29, 0.717) is 6.04 Å². The van der Waals surface area contributed by atoms with Crippen molar-refractivity contribution in [2.45, 2.75) is 63.5 Å². The number of nitrogens with zero attached hydrogens (tertiary/aromatic N) is 3. The highest BCUT2D eigenvalue weighted by atomic mass is 15.3. The van der Waals surface area contributed by atoms with E-state index in [2.05, 4.69) is 26.5 Å². The van der Waals surface area contributed by atoms with E-state index in [1.54, 1.807) is 6.20 Å². The molecule has 0 spiro atoms. The second-order valence-electron chi connectivity index (χ2n) is 6.17. The van der Waals surface area contributed by atoms with Crippen LogP contribution in [-0.2, 0) is 0 Å². The van der Waals surface area contributed by atoms with Crippen LogP contribution in [-0.4, -0.2) is 35.4 Å². The first-order valence-corrected chi connectivity index (χ1v) is 8.21. The van der Waals surface area contributed by atoms with Gasteiger partial charge in [0.05, 0.1) is 0 Å². The van der Waals surface area contributed by atoms with Gasteiger partial charge in [-0.2, -0.15) is 5.10 Å². The number of rotatable bonds is 4. The number of nitrogens with one attached hydrogen (secondary N) is 1. The lowest BCUT2D eigenvalue weighted by molar-refractivity contribution is 0.436. The molecule has 1 N–H and O–H groups in total. The first-order chi connectivity index (χ1) is 9.93. The normalized spacial score (nSPS) is 24.8. The average molecular weight is 274 g/mol. The summed E-state index contributed by atoms with van der Waals surface area (Å²) in [6.45, 7) is 2.22. The Hall–Kier alpha value is -1.16. The Morgan fingerprint density at radius 2 is 1.95 bits per heavy atom. The van der Waals surface area contributed by atoms with E-state index >= 15 is 0 Å². The molecular formula is C16H26N4. The minimum absolute atomic E-state index is 0.593. The highest BCUT2D eigenvalue weighted by Crippen LogP contribution is 2.23. The largest absolute Gasteiger partial charge is 0.351 e. The van der Waals surface area contributed by atoms with Crippen molar-refractivity contribution in [3.8, 4) is 0 Å². The molecule has 0 amide bonds. The molecule has 0 bridgehead atoms. The molecular weight excluding hydrogens is 248 g/mol. The maximum Gasteiger partial charge on any atom is 0.151 e.